The highest BCUT2D eigenvalue weighted by Crippen LogP contribution is 2.14. The van der Waals surface area contributed by atoms with Gasteiger partial charge in [0.15, 0.2) is 0 Å². The Labute approximate surface area is 131 Å². The number of unbranched alkanes of at least 4 members (excludes halogenated alkanes) is 7. The van der Waals surface area contributed by atoms with Crippen LogP contribution in [0.3, 0.4) is 0 Å². The summed E-state index contributed by atoms with van der Waals surface area (Å²) >= 11 is 0. The molecule has 0 rings (SSSR count). The minimum absolute atomic E-state index is 0.828. The highest BCUT2D eigenvalue weighted by molar-refractivity contribution is 5.79. The first-order valence-electron chi connectivity index (χ1n) is 8.71. The molecule has 2 heteroatoms. The molecule has 0 amide bonds. The molecule has 122 valence electrons. The van der Waals surface area contributed by atoms with Gasteiger partial charge in [0.1, 0.15) is 0 Å². The maximum atomic E-state index is 10.3. The van der Waals surface area contributed by atoms with Crippen molar-refractivity contribution in [3.05, 3.63) is 24.3 Å². The minimum Gasteiger partial charge on any atom is -0.478 e. The van der Waals surface area contributed by atoms with Crippen LogP contribution in [0.1, 0.15) is 84.5 Å². The first kappa shape index (κ1) is 19.9. The average molecular weight is 294 g/mol. The second-order valence-corrected chi connectivity index (χ2v) is 6.04. The van der Waals surface area contributed by atoms with Gasteiger partial charge in [0, 0.05) is 6.08 Å². The van der Waals surface area contributed by atoms with Crippen LogP contribution in [0, 0.1) is 5.92 Å². The molecular formula is C19H34O2. The fourth-order valence-electron chi connectivity index (χ4n) is 2.37. The van der Waals surface area contributed by atoms with E-state index in [1.165, 1.54) is 63.9 Å². The SMILES string of the molecule is CCCCCC(C)CC=CCCCCCCC=CC(=O)O. The lowest BCUT2D eigenvalue weighted by molar-refractivity contribution is -0.131. The smallest absolute Gasteiger partial charge is 0.327 e. The average Bonchev–Trinajstić information content (AvgIpc) is 2.44. The topological polar surface area (TPSA) is 37.3 Å². The third-order valence-corrected chi connectivity index (χ3v) is 3.76. The van der Waals surface area contributed by atoms with Crippen LogP contribution >= 0.6 is 0 Å². The van der Waals surface area contributed by atoms with Crippen molar-refractivity contribution >= 4 is 5.97 Å². The van der Waals surface area contributed by atoms with Gasteiger partial charge in [-0.3, -0.25) is 0 Å². The summed E-state index contributed by atoms with van der Waals surface area (Å²) in [6, 6.07) is 0. The minimum atomic E-state index is -0.843. The predicted octanol–water partition coefficient (Wildman–Crippen LogP) is 6.13. The van der Waals surface area contributed by atoms with Crippen LogP contribution in [0.25, 0.3) is 0 Å². The Morgan fingerprint density at radius 2 is 1.62 bits per heavy atom. The number of carboxylic acids is 1. The summed E-state index contributed by atoms with van der Waals surface area (Å²) in [5.41, 5.74) is 0. The first-order valence-corrected chi connectivity index (χ1v) is 8.71. The molecule has 1 atom stereocenters. The number of hydrogen-bond acceptors (Lipinski definition) is 1. The first-order chi connectivity index (χ1) is 10.2. The molecule has 0 bridgehead atoms. The lowest BCUT2D eigenvalue weighted by Crippen LogP contribution is -1.92. The number of hydrogen-bond donors (Lipinski definition) is 1. The fourth-order valence-corrected chi connectivity index (χ4v) is 2.37. The molecule has 0 aliphatic rings. The standard InChI is InChI=1S/C19H34O2/c1-3-4-12-15-18(2)16-13-10-8-6-5-7-9-11-14-17-19(20)21/h10,13-14,17-18H,3-9,11-12,15-16H2,1-2H3,(H,20,21). The van der Waals surface area contributed by atoms with Gasteiger partial charge in [0.05, 0.1) is 0 Å². The summed E-state index contributed by atoms with van der Waals surface area (Å²) in [6.07, 6.45) is 21.2. The maximum Gasteiger partial charge on any atom is 0.327 e. The van der Waals surface area contributed by atoms with E-state index < -0.39 is 5.97 Å². The van der Waals surface area contributed by atoms with Gasteiger partial charge >= 0.3 is 5.97 Å². The maximum absolute atomic E-state index is 10.3. The van der Waals surface area contributed by atoms with E-state index in [-0.39, 0.29) is 0 Å². The number of carbonyl (C=O) groups is 1. The molecule has 21 heavy (non-hydrogen) atoms. The lowest BCUT2D eigenvalue weighted by Gasteiger charge is -2.07. The Kier molecular flexibility index (Phi) is 14.6. The molecule has 0 aromatic rings. The van der Waals surface area contributed by atoms with E-state index in [2.05, 4.69) is 26.0 Å². The van der Waals surface area contributed by atoms with Crippen molar-refractivity contribution in [1.29, 1.82) is 0 Å². The number of allylic oxidation sites excluding steroid dienone is 3. The van der Waals surface area contributed by atoms with Crippen LogP contribution in [-0.2, 0) is 4.79 Å². The van der Waals surface area contributed by atoms with Crippen molar-refractivity contribution in [1.82, 2.24) is 0 Å². The van der Waals surface area contributed by atoms with Crippen molar-refractivity contribution < 1.29 is 9.90 Å². The lowest BCUT2D eigenvalue weighted by atomic mass is 9.99. The Balaban J connectivity index is 3.30. The second-order valence-electron chi connectivity index (χ2n) is 6.04. The fraction of sp³-hybridized carbons (Fsp3) is 0.737. The van der Waals surface area contributed by atoms with E-state index in [1.54, 1.807) is 6.08 Å². The Hall–Kier alpha value is -1.05. The normalized spacial score (nSPS) is 13.2. The Morgan fingerprint density at radius 3 is 2.24 bits per heavy atom. The zero-order valence-corrected chi connectivity index (χ0v) is 14.0. The zero-order valence-electron chi connectivity index (χ0n) is 14.0. The van der Waals surface area contributed by atoms with Gasteiger partial charge in [0.2, 0.25) is 0 Å². The third kappa shape index (κ3) is 16.9. The molecular weight excluding hydrogens is 260 g/mol. The van der Waals surface area contributed by atoms with Crippen molar-refractivity contribution in [2.45, 2.75) is 84.5 Å². The van der Waals surface area contributed by atoms with Gasteiger partial charge in [0.25, 0.3) is 0 Å². The van der Waals surface area contributed by atoms with E-state index in [0.29, 0.717) is 0 Å². The molecule has 0 heterocycles. The van der Waals surface area contributed by atoms with Gasteiger partial charge < -0.3 is 5.11 Å². The van der Waals surface area contributed by atoms with Gasteiger partial charge in [-0.05, 0) is 38.0 Å². The summed E-state index contributed by atoms with van der Waals surface area (Å²) in [5, 5.41) is 8.44. The molecule has 0 radical (unpaired) electrons. The van der Waals surface area contributed by atoms with Gasteiger partial charge in [-0.15, -0.1) is 0 Å². The van der Waals surface area contributed by atoms with E-state index >= 15 is 0 Å². The molecule has 0 fully saturated rings. The third-order valence-electron chi connectivity index (χ3n) is 3.76. The molecule has 1 unspecified atom stereocenters. The summed E-state index contributed by atoms with van der Waals surface area (Å²) in [6.45, 7) is 4.61. The van der Waals surface area contributed by atoms with Gasteiger partial charge in [-0.2, -0.15) is 0 Å². The summed E-state index contributed by atoms with van der Waals surface area (Å²) < 4.78 is 0. The van der Waals surface area contributed by atoms with Crippen LogP contribution in [0.4, 0.5) is 0 Å². The van der Waals surface area contributed by atoms with E-state index in [9.17, 15) is 4.79 Å². The second kappa shape index (κ2) is 15.3. The number of carboxylic acid groups (broad SMARTS) is 1. The van der Waals surface area contributed by atoms with Crippen LogP contribution < -0.4 is 0 Å². The summed E-state index contributed by atoms with van der Waals surface area (Å²) in [7, 11) is 0. The number of aliphatic carboxylic acids is 1. The van der Waals surface area contributed by atoms with Crippen molar-refractivity contribution in [3.63, 3.8) is 0 Å². The molecule has 2 nitrogen and oxygen atoms in total. The molecule has 0 spiro atoms. The largest absolute Gasteiger partial charge is 0.478 e. The predicted molar refractivity (Wildman–Crippen MR) is 91.5 cm³/mol. The van der Waals surface area contributed by atoms with E-state index in [4.69, 9.17) is 5.11 Å². The summed E-state index contributed by atoms with van der Waals surface area (Å²) in [4.78, 5) is 10.3. The monoisotopic (exact) mass is 294 g/mol. The molecule has 0 aliphatic carbocycles. The molecule has 0 aromatic carbocycles. The van der Waals surface area contributed by atoms with Crippen molar-refractivity contribution in [3.8, 4) is 0 Å². The van der Waals surface area contributed by atoms with Gasteiger partial charge in [-0.25, -0.2) is 4.79 Å². The quantitative estimate of drug-likeness (QED) is 0.238. The van der Waals surface area contributed by atoms with Crippen LogP contribution in [0.15, 0.2) is 24.3 Å². The van der Waals surface area contributed by atoms with Crippen LogP contribution in [0.5, 0.6) is 0 Å². The molecule has 0 aliphatic heterocycles. The molecule has 0 aromatic heterocycles. The zero-order chi connectivity index (χ0) is 15.8. The van der Waals surface area contributed by atoms with Crippen molar-refractivity contribution in [2.24, 2.45) is 5.92 Å². The van der Waals surface area contributed by atoms with E-state index in [0.717, 1.165) is 18.8 Å². The highest BCUT2D eigenvalue weighted by atomic mass is 16.4. The number of rotatable bonds is 14. The Morgan fingerprint density at radius 1 is 0.952 bits per heavy atom. The van der Waals surface area contributed by atoms with Gasteiger partial charge in [-0.1, -0.05) is 70.6 Å². The highest BCUT2D eigenvalue weighted by Gasteiger charge is 1.98. The Bertz CT molecular complexity index is 292. The van der Waals surface area contributed by atoms with Crippen LogP contribution in [0.2, 0.25) is 0 Å². The summed E-state index contributed by atoms with van der Waals surface area (Å²) in [5.74, 6) is -0.0158. The molecule has 0 saturated heterocycles. The molecule has 1 N–H and O–H groups in total. The van der Waals surface area contributed by atoms with Crippen molar-refractivity contribution in [2.75, 3.05) is 0 Å². The molecule has 0 saturated carbocycles. The van der Waals surface area contributed by atoms with E-state index in [1.807, 2.05) is 0 Å². The van der Waals surface area contributed by atoms with Crippen LogP contribution in [-0.4, -0.2) is 11.1 Å².